The summed E-state index contributed by atoms with van der Waals surface area (Å²) in [6, 6.07) is -0.0856. The molecule has 3 rings (SSSR count). The quantitative estimate of drug-likeness (QED) is 0.843. The first kappa shape index (κ1) is 14.5. The second kappa shape index (κ2) is 5.75. The summed E-state index contributed by atoms with van der Waals surface area (Å²) >= 11 is 0. The number of aromatic nitrogens is 2. The zero-order valence-corrected chi connectivity index (χ0v) is 13.1. The molecule has 2 atom stereocenters. The average Bonchev–Trinajstić information content (AvgIpc) is 3.23. The highest BCUT2D eigenvalue weighted by Gasteiger charge is 2.33. The van der Waals surface area contributed by atoms with Crippen LogP contribution < -0.4 is 0 Å². The fourth-order valence-corrected chi connectivity index (χ4v) is 3.01. The van der Waals surface area contributed by atoms with Crippen LogP contribution in [0.25, 0.3) is 0 Å². The Morgan fingerprint density at radius 3 is 2.76 bits per heavy atom. The summed E-state index contributed by atoms with van der Waals surface area (Å²) in [4.78, 5) is 20.6. The molecule has 2 fully saturated rings. The number of carbonyl (C=O) groups excluding carboxylic acids is 1. The Morgan fingerprint density at radius 2 is 2.10 bits per heavy atom. The normalized spacial score (nSPS) is 24.8. The predicted octanol–water partition coefficient (Wildman–Crippen LogP) is 1.60. The number of likely N-dealkylation sites (tertiary alicyclic amines) is 1. The summed E-state index contributed by atoms with van der Waals surface area (Å²) in [5.74, 6) is 2.57. The summed E-state index contributed by atoms with van der Waals surface area (Å²) in [5.41, 5.74) is 0. The van der Waals surface area contributed by atoms with E-state index in [1.807, 2.05) is 6.92 Å². The molecule has 1 aromatic rings. The van der Waals surface area contributed by atoms with Crippen molar-refractivity contribution in [2.45, 2.75) is 50.5 Å². The summed E-state index contributed by atoms with van der Waals surface area (Å²) in [6.07, 6.45) is 4.49. The van der Waals surface area contributed by atoms with Gasteiger partial charge in [-0.1, -0.05) is 5.16 Å². The molecule has 21 heavy (non-hydrogen) atoms. The van der Waals surface area contributed by atoms with E-state index in [0.717, 1.165) is 37.6 Å². The zero-order chi connectivity index (χ0) is 15.0. The van der Waals surface area contributed by atoms with E-state index in [1.165, 1.54) is 12.8 Å². The lowest BCUT2D eigenvalue weighted by molar-refractivity contribution is -0.134. The number of nitrogens with zero attached hydrogens (tertiary/aromatic N) is 4. The Kier molecular flexibility index (Phi) is 3.97. The Morgan fingerprint density at radius 1 is 1.33 bits per heavy atom. The number of piperidine rings is 1. The minimum Gasteiger partial charge on any atom is -0.347 e. The van der Waals surface area contributed by atoms with Gasteiger partial charge in [-0.15, -0.1) is 0 Å². The van der Waals surface area contributed by atoms with Gasteiger partial charge in [-0.2, -0.15) is 4.98 Å². The molecule has 1 saturated heterocycles. The van der Waals surface area contributed by atoms with Crippen molar-refractivity contribution in [3.05, 3.63) is 11.7 Å². The molecular formula is C15H24N4O2. The Bertz CT molecular complexity index is 510. The minimum absolute atomic E-state index is 0.0856. The lowest BCUT2D eigenvalue weighted by Crippen LogP contribution is -2.48. The minimum atomic E-state index is -0.0856. The molecule has 1 aromatic heterocycles. The van der Waals surface area contributed by atoms with Crippen LogP contribution in [0.4, 0.5) is 0 Å². The van der Waals surface area contributed by atoms with Gasteiger partial charge in [-0.25, -0.2) is 0 Å². The number of carbonyl (C=O) groups is 1. The van der Waals surface area contributed by atoms with E-state index < -0.39 is 0 Å². The summed E-state index contributed by atoms with van der Waals surface area (Å²) in [7, 11) is 3.61. The van der Waals surface area contributed by atoms with Crippen LogP contribution in [0, 0.1) is 0 Å². The second-order valence-electron chi connectivity index (χ2n) is 6.51. The summed E-state index contributed by atoms with van der Waals surface area (Å²) < 4.78 is 5.37. The van der Waals surface area contributed by atoms with Crippen molar-refractivity contribution in [1.82, 2.24) is 19.9 Å². The maximum absolute atomic E-state index is 12.1. The van der Waals surface area contributed by atoms with E-state index in [9.17, 15) is 4.79 Å². The molecule has 1 amide bonds. The SMILES string of the molecule is C[C@H](C(=O)N(C)C)N1CCC[C@H](c2noc(C3CC3)n2)C1. The third kappa shape index (κ3) is 3.10. The lowest BCUT2D eigenvalue weighted by atomic mass is 9.96. The Labute approximate surface area is 125 Å². The molecule has 0 radical (unpaired) electrons. The molecule has 0 bridgehead atoms. The van der Waals surface area contributed by atoms with Crippen molar-refractivity contribution in [3.8, 4) is 0 Å². The third-order valence-corrected chi connectivity index (χ3v) is 4.55. The average molecular weight is 292 g/mol. The number of amides is 1. The van der Waals surface area contributed by atoms with Gasteiger partial charge < -0.3 is 9.42 Å². The van der Waals surface area contributed by atoms with Crippen molar-refractivity contribution < 1.29 is 9.32 Å². The van der Waals surface area contributed by atoms with Gasteiger partial charge in [0.2, 0.25) is 11.8 Å². The van der Waals surface area contributed by atoms with E-state index in [-0.39, 0.29) is 17.9 Å². The topological polar surface area (TPSA) is 62.5 Å². The van der Waals surface area contributed by atoms with E-state index in [0.29, 0.717) is 5.92 Å². The third-order valence-electron chi connectivity index (χ3n) is 4.55. The maximum Gasteiger partial charge on any atom is 0.239 e. The van der Waals surface area contributed by atoms with Gasteiger partial charge in [0.25, 0.3) is 0 Å². The first-order valence-corrected chi connectivity index (χ1v) is 7.85. The molecule has 1 aliphatic carbocycles. The fraction of sp³-hybridized carbons (Fsp3) is 0.800. The van der Waals surface area contributed by atoms with Gasteiger partial charge >= 0.3 is 0 Å². The highest BCUT2D eigenvalue weighted by Crippen LogP contribution is 2.39. The highest BCUT2D eigenvalue weighted by molar-refractivity contribution is 5.80. The van der Waals surface area contributed by atoms with Gasteiger partial charge in [0.1, 0.15) is 0 Å². The van der Waals surface area contributed by atoms with Crippen LogP contribution in [-0.2, 0) is 4.79 Å². The van der Waals surface area contributed by atoms with Gasteiger partial charge in [0.15, 0.2) is 5.82 Å². The largest absolute Gasteiger partial charge is 0.347 e. The van der Waals surface area contributed by atoms with Gasteiger partial charge in [0, 0.05) is 32.5 Å². The van der Waals surface area contributed by atoms with Crippen molar-refractivity contribution in [1.29, 1.82) is 0 Å². The monoisotopic (exact) mass is 292 g/mol. The lowest BCUT2D eigenvalue weighted by Gasteiger charge is -2.35. The number of hydrogen-bond donors (Lipinski definition) is 0. The number of hydrogen-bond acceptors (Lipinski definition) is 5. The molecule has 0 unspecified atom stereocenters. The first-order valence-electron chi connectivity index (χ1n) is 7.85. The molecular weight excluding hydrogens is 268 g/mol. The maximum atomic E-state index is 12.1. The van der Waals surface area contributed by atoms with Crippen molar-refractivity contribution in [2.75, 3.05) is 27.2 Å². The molecule has 0 N–H and O–H groups in total. The first-order chi connectivity index (χ1) is 10.1. The van der Waals surface area contributed by atoms with Gasteiger partial charge in [-0.05, 0) is 39.2 Å². The van der Waals surface area contributed by atoms with Crippen LogP contribution in [0.2, 0.25) is 0 Å². The molecule has 1 aliphatic heterocycles. The van der Waals surface area contributed by atoms with Crippen molar-refractivity contribution in [2.24, 2.45) is 0 Å². The number of rotatable bonds is 4. The van der Waals surface area contributed by atoms with E-state index >= 15 is 0 Å². The van der Waals surface area contributed by atoms with Crippen LogP contribution in [0.5, 0.6) is 0 Å². The van der Waals surface area contributed by atoms with Crippen molar-refractivity contribution in [3.63, 3.8) is 0 Å². The molecule has 0 spiro atoms. The van der Waals surface area contributed by atoms with Crippen LogP contribution in [-0.4, -0.2) is 59.1 Å². The molecule has 116 valence electrons. The number of likely N-dealkylation sites (N-methyl/N-ethyl adjacent to an activating group) is 1. The molecule has 2 aliphatic rings. The molecule has 6 heteroatoms. The van der Waals surface area contributed by atoms with E-state index in [4.69, 9.17) is 4.52 Å². The zero-order valence-electron chi connectivity index (χ0n) is 13.1. The molecule has 6 nitrogen and oxygen atoms in total. The summed E-state index contributed by atoms with van der Waals surface area (Å²) in [6.45, 7) is 3.78. The predicted molar refractivity (Wildman–Crippen MR) is 78.0 cm³/mol. The summed E-state index contributed by atoms with van der Waals surface area (Å²) in [5, 5.41) is 4.17. The van der Waals surface area contributed by atoms with Crippen LogP contribution in [0.1, 0.15) is 56.2 Å². The second-order valence-corrected chi connectivity index (χ2v) is 6.51. The highest BCUT2D eigenvalue weighted by atomic mass is 16.5. The van der Waals surface area contributed by atoms with Gasteiger partial charge in [0.05, 0.1) is 6.04 Å². The standard InChI is InChI=1S/C15H24N4O2/c1-10(15(20)18(2)3)19-8-4-5-12(9-19)13-16-14(21-17-13)11-6-7-11/h10-12H,4-9H2,1-3H3/t10-,12+/m1/s1. The smallest absolute Gasteiger partial charge is 0.239 e. The van der Waals surface area contributed by atoms with Crippen LogP contribution >= 0.6 is 0 Å². The fourth-order valence-electron chi connectivity index (χ4n) is 3.01. The van der Waals surface area contributed by atoms with E-state index in [1.54, 1.807) is 19.0 Å². The molecule has 2 heterocycles. The van der Waals surface area contributed by atoms with Gasteiger partial charge in [-0.3, -0.25) is 9.69 Å². The Balaban J connectivity index is 1.65. The van der Waals surface area contributed by atoms with Crippen LogP contribution in [0.3, 0.4) is 0 Å². The molecule has 1 saturated carbocycles. The van der Waals surface area contributed by atoms with E-state index in [2.05, 4.69) is 15.0 Å². The molecule has 0 aromatic carbocycles. The Hall–Kier alpha value is -1.43. The van der Waals surface area contributed by atoms with Crippen LogP contribution in [0.15, 0.2) is 4.52 Å². The van der Waals surface area contributed by atoms with Crippen molar-refractivity contribution >= 4 is 5.91 Å².